The van der Waals surface area contributed by atoms with Crippen LogP contribution in [0.5, 0.6) is 0 Å². The number of hydrogen-bond donors (Lipinski definition) is 2. The number of primary amides is 1. The second kappa shape index (κ2) is 5.90. The third kappa shape index (κ3) is 2.67. The lowest BCUT2D eigenvalue weighted by Crippen LogP contribution is -2.32. The maximum atomic E-state index is 11.9. The maximum absolute atomic E-state index is 11.9. The van der Waals surface area contributed by atoms with Crippen molar-refractivity contribution in [3.8, 4) is 5.69 Å². The number of anilines is 1. The smallest absolute Gasteiger partial charge is 0.269 e. The van der Waals surface area contributed by atoms with Crippen LogP contribution in [0.25, 0.3) is 5.69 Å². The molecule has 0 bridgehead atoms. The number of amides is 1. The van der Waals surface area contributed by atoms with Gasteiger partial charge in [0, 0.05) is 43.0 Å². The van der Waals surface area contributed by atoms with E-state index in [4.69, 9.17) is 5.73 Å². The number of nitrogens with two attached hydrogens (primary N) is 1. The minimum atomic E-state index is -0.536. The van der Waals surface area contributed by atoms with Gasteiger partial charge in [-0.15, -0.1) is 0 Å². The second-order valence-electron chi connectivity index (χ2n) is 5.85. The fraction of sp³-hybridized carbons (Fsp3) is 0.176. The molecule has 25 heavy (non-hydrogen) atoms. The van der Waals surface area contributed by atoms with Gasteiger partial charge in [-0.3, -0.25) is 19.3 Å². The van der Waals surface area contributed by atoms with Crippen molar-refractivity contribution in [3.05, 3.63) is 70.0 Å². The third-order valence-electron chi connectivity index (χ3n) is 4.32. The summed E-state index contributed by atoms with van der Waals surface area (Å²) >= 11 is 0. The molecule has 4 heterocycles. The SMILES string of the molecule is NC(=O)c1n[nH]c2c1CN(c1ccc(-n3ccccc3=O)cn1)CC2. The lowest BCUT2D eigenvalue weighted by Gasteiger charge is -2.28. The molecule has 0 saturated carbocycles. The number of aromatic nitrogens is 4. The summed E-state index contributed by atoms with van der Waals surface area (Å²) in [5, 5.41) is 6.88. The van der Waals surface area contributed by atoms with E-state index >= 15 is 0 Å². The molecule has 4 rings (SSSR count). The predicted octanol–water partition coefficient (Wildman–Crippen LogP) is 0.617. The number of hydrogen-bond acceptors (Lipinski definition) is 5. The van der Waals surface area contributed by atoms with Gasteiger partial charge in [-0.25, -0.2) is 4.98 Å². The predicted molar refractivity (Wildman–Crippen MR) is 91.7 cm³/mol. The molecule has 1 amide bonds. The average Bonchev–Trinajstić information content (AvgIpc) is 3.06. The van der Waals surface area contributed by atoms with E-state index in [0.29, 0.717) is 12.2 Å². The van der Waals surface area contributed by atoms with Gasteiger partial charge in [-0.2, -0.15) is 5.10 Å². The summed E-state index contributed by atoms with van der Waals surface area (Å²) in [7, 11) is 0. The highest BCUT2D eigenvalue weighted by atomic mass is 16.1. The molecule has 8 heteroatoms. The Balaban J connectivity index is 1.61. The van der Waals surface area contributed by atoms with Gasteiger partial charge < -0.3 is 10.6 Å². The summed E-state index contributed by atoms with van der Waals surface area (Å²) in [4.78, 5) is 29.9. The van der Waals surface area contributed by atoms with Crippen LogP contribution in [0, 0.1) is 0 Å². The standard InChI is InChI=1S/C17H16N6O2/c18-17(25)16-12-10-22(8-6-13(12)20-21-16)14-5-4-11(9-19-14)23-7-2-1-3-15(23)24/h1-5,7,9H,6,8,10H2,(H2,18,25)(H,20,21). The van der Waals surface area contributed by atoms with E-state index in [1.807, 2.05) is 12.1 Å². The molecule has 0 atom stereocenters. The van der Waals surface area contributed by atoms with E-state index < -0.39 is 5.91 Å². The molecule has 0 unspecified atom stereocenters. The molecule has 3 aromatic heterocycles. The first-order valence-corrected chi connectivity index (χ1v) is 7.88. The molecule has 0 aromatic carbocycles. The molecule has 3 N–H and O–H groups in total. The van der Waals surface area contributed by atoms with Crippen LogP contribution in [0.4, 0.5) is 5.82 Å². The molecule has 126 valence electrons. The Hall–Kier alpha value is -3.42. The van der Waals surface area contributed by atoms with Crippen molar-refractivity contribution < 1.29 is 4.79 Å². The molecular weight excluding hydrogens is 320 g/mol. The van der Waals surface area contributed by atoms with Crippen molar-refractivity contribution >= 4 is 11.7 Å². The van der Waals surface area contributed by atoms with E-state index in [9.17, 15) is 9.59 Å². The summed E-state index contributed by atoms with van der Waals surface area (Å²) in [5.41, 5.74) is 8.02. The Bertz CT molecular complexity index is 989. The molecule has 0 radical (unpaired) electrons. The Labute approximate surface area is 142 Å². The highest BCUT2D eigenvalue weighted by Crippen LogP contribution is 2.24. The lowest BCUT2D eigenvalue weighted by atomic mass is 10.1. The molecule has 0 saturated heterocycles. The Morgan fingerprint density at radius 2 is 2.12 bits per heavy atom. The molecule has 0 spiro atoms. The zero-order valence-electron chi connectivity index (χ0n) is 13.3. The molecule has 0 aliphatic carbocycles. The van der Waals surface area contributed by atoms with Crippen molar-refractivity contribution in [2.24, 2.45) is 5.73 Å². The number of fused-ring (bicyclic) bond motifs is 1. The van der Waals surface area contributed by atoms with Crippen LogP contribution in [-0.4, -0.2) is 32.2 Å². The van der Waals surface area contributed by atoms with E-state index in [1.54, 1.807) is 24.5 Å². The first kappa shape index (κ1) is 15.1. The minimum Gasteiger partial charge on any atom is -0.364 e. The first-order chi connectivity index (χ1) is 12.1. The summed E-state index contributed by atoms with van der Waals surface area (Å²) in [6.45, 7) is 1.27. The van der Waals surface area contributed by atoms with Crippen molar-refractivity contribution in [3.63, 3.8) is 0 Å². The highest BCUT2D eigenvalue weighted by molar-refractivity contribution is 5.92. The first-order valence-electron chi connectivity index (χ1n) is 7.88. The van der Waals surface area contributed by atoms with Crippen LogP contribution >= 0.6 is 0 Å². The third-order valence-corrected chi connectivity index (χ3v) is 4.32. The van der Waals surface area contributed by atoms with Gasteiger partial charge in [0.2, 0.25) is 0 Å². The van der Waals surface area contributed by atoms with Crippen LogP contribution in [0.2, 0.25) is 0 Å². The number of carbonyl (C=O) groups is 1. The van der Waals surface area contributed by atoms with Gasteiger partial charge in [0.05, 0.1) is 11.9 Å². The fourth-order valence-corrected chi connectivity index (χ4v) is 3.04. The summed E-state index contributed by atoms with van der Waals surface area (Å²) in [6.07, 6.45) is 4.10. The Kier molecular flexibility index (Phi) is 3.57. The molecule has 8 nitrogen and oxygen atoms in total. The number of rotatable bonds is 3. The summed E-state index contributed by atoms with van der Waals surface area (Å²) in [6, 6.07) is 8.72. The van der Waals surface area contributed by atoms with Crippen molar-refractivity contribution in [1.29, 1.82) is 0 Å². The molecule has 1 aliphatic heterocycles. The van der Waals surface area contributed by atoms with Gasteiger partial charge >= 0.3 is 0 Å². The minimum absolute atomic E-state index is 0.107. The van der Waals surface area contributed by atoms with Crippen LogP contribution in [0.3, 0.4) is 0 Å². The molecule has 0 fully saturated rings. The van der Waals surface area contributed by atoms with Gasteiger partial charge in [0.1, 0.15) is 5.82 Å². The highest BCUT2D eigenvalue weighted by Gasteiger charge is 2.25. The zero-order valence-corrected chi connectivity index (χ0v) is 13.3. The van der Waals surface area contributed by atoms with E-state index in [2.05, 4.69) is 20.1 Å². The maximum Gasteiger partial charge on any atom is 0.269 e. The van der Waals surface area contributed by atoms with Gasteiger partial charge in [0.25, 0.3) is 11.5 Å². The number of H-pyrrole nitrogens is 1. The van der Waals surface area contributed by atoms with Crippen LogP contribution < -0.4 is 16.2 Å². The van der Waals surface area contributed by atoms with Crippen LogP contribution in [0.15, 0.2) is 47.5 Å². The monoisotopic (exact) mass is 336 g/mol. The van der Waals surface area contributed by atoms with Crippen LogP contribution in [-0.2, 0) is 13.0 Å². The zero-order chi connectivity index (χ0) is 17.4. The Morgan fingerprint density at radius 1 is 1.24 bits per heavy atom. The van der Waals surface area contributed by atoms with Crippen molar-refractivity contribution in [2.45, 2.75) is 13.0 Å². The van der Waals surface area contributed by atoms with E-state index in [-0.39, 0.29) is 11.3 Å². The topological polar surface area (TPSA) is 110 Å². The molecule has 3 aromatic rings. The number of carbonyl (C=O) groups excluding carboxylic acids is 1. The van der Waals surface area contributed by atoms with Gasteiger partial charge in [0.15, 0.2) is 5.69 Å². The lowest BCUT2D eigenvalue weighted by molar-refractivity contribution is 0.0994. The second-order valence-corrected chi connectivity index (χ2v) is 5.85. The number of aromatic amines is 1. The quantitative estimate of drug-likeness (QED) is 0.728. The average molecular weight is 336 g/mol. The van der Waals surface area contributed by atoms with E-state index in [1.165, 1.54) is 10.6 Å². The molecular formula is C17H16N6O2. The summed E-state index contributed by atoms with van der Waals surface area (Å²) < 4.78 is 1.53. The number of pyridine rings is 2. The van der Waals surface area contributed by atoms with Crippen molar-refractivity contribution in [2.75, 3.05) is 11.4 Å². The molecule has 1 aliphatic rings. The summed E-state index contributed by atoms with van der Waals surface area (Å²) in [5.74, 6) is 0.237. The number of nitrogens with one attached hydrogen (secondary N) is 1. The largest absolute Gasteiger partial charge is 0.364 e. The fourth-order valence-electron chi connectivity index (χ4n) is 3.04. The van der Waals surface area contributed by atoms with Gasteiger partial charge in [-0.05, 0) is 18.2 Å². The van der Waals surface area contributed by atoms with Gasteiger partial charge in [-0.1, -0.05) is 6.07 Å². The number of nitrogens with zero attached hydrogens (tertiary/aromatic N) is 4. The Morgan fingerprint density at radius 3 is 2.84 bits per heavy atom. The van der Waals surface area contributed by atoms with Crippen molar-refractivity contribution in [1.82, 2.24) is 19.7 Å². The van der Waals surface area contributed by atoms with Crippen LogP contribution in [0.1, 0.15) is 21.7 Å². The van der Waals surface area contributed by atoms with E-state index in [0.717, 1.165) is 30.0 Å². The normalized spacial score (nSPS) is 13.5.